The fourth-order valence-corrected chi connectivity index (χ4v) is 3.96. The molecular weight excluding hydrogens is 306 g/mol. The van der Waals surface area contributed by atoms with Crippen LogP contribution < -0.4 is 11.1 Å². The Balaban J connectivity index is 2.24. The summed E-state index contributed by atoms with van der Waals surface area (Å²) in [7, 11) is 0. The van der Waals surface area contributed by atoms with Gasteiger partial charge < -0.3 is 16.0 Å². The Morgan fingerprint density at radius 2 is 1.75 bits per heavy atom. The van der Waals surface area contributed by atoms with Crippen LogP contribution in [-0.2, 0) is 14.4 Å². The van der Waals surface area contributed by atoms with E-state index < -0.39 is 23.4 Å². The third-order valence-electron chi connectivity index (χ3n) is 5.71. The summed E-state index contributed by atoms with van der Waals surface area (Å²) in [5, 5.41) is 2.86. The number of hydrogen-bond donors (Lipinski definition) is 2. The van der Waals surface area contributed by atoms with Gasteiger partial charge in [0.2, 0.25) is 17.7 Å². The number of likely N-dealkylation sites (tertiary alicyclic amines) is 1. The molecule has 24 heavy (non-hydrogen) atoms. The van der Waals surface area contributed by atoms with Crippen LogP contribution in [0, 0.1) is 28.6 Å². The zero-order valence-corrected chi connectivity index (χ0v) is 15.8. The summed E-state index contributed by atoms with van der Waals surface area (Å²) in [4.78, 5) is 38.9. The van der Waals surface area contributed by atoms with Gasteiger partial charge in [-0.3, -0.25) is 14.4 Å². The predicted octanol–water partition coefficient (Wildman–Crippen LogP) is 1.14. The SMILES string of the molecule is CC(C)C(=O)N[C@@H](C(=O)N1CC2C(C1C(N)=O)C2(C)C)C(C)(C)C. The second kappa shape index (κ2) is 5.74. The van der Waals surface area contributed by atoms with Crippen molar-refractivity contribution in [2.45, 2.75) is 60.5 Å². The number of carbonyl (C=O) groups is 3. The van der Waals surface area contributed by atoms with Gasteiger partial charge in [0.1, 0.15) is 12.1 Å². The summed E-state index contributed by atoms with van der Waals surface area (Å²) in [5.41, 5.74) is 5.20. The quantitative estimate of drug-likeness (QED) is 0.806. The fourth-order valence-electron chi connectivity index (χ4n) is 3.96. The molecular formula is C18H31N3O3. The highest BCUT2D eigenvalue weighted by atomic mass is 16.2. The molecule has 1 aliphatic carbocycles. The molecule has 3 unspecified atom stereocenters. The van der Waals surface area contributed by atoms with Gasteiger partial charge in [0.15, 0.2) is 0 Å². The average molecular weight is 337 g/mol. The summed E-state index contributed by atoms with van der Waals surface area (Å²) in [6.07, 6.45) is 0. The van der Waals surface area contributed by atoms with Crippen LogP contribution in [0.25, 0.3) is 0 Å². The van der Waals surface area contributed by atoms with Crippen molar-refractivity contribution in [2.75, 3.05) is 6.54 Å². The lowest BCUT2D eigenvalue weighted by molar-refractivity contribution is -0.145. The van der Waals surface area contributed by atoms with Gasteiger partial charge in [0, 0.05) is 12.5 Å². The first-order valence-electron chi connectivity index (χ1n) is 8.70. The van der Waals surface area contributed by atoms with E-state index in [1.54, 1.807) is 18.7 Å². The molecule has 3 N–H and O–H groups in total. The largest absolute Gasteiger partial charge is 0.368 e. The maximum Gasteiger partial charge on any atom is 0.246 e. The van der Waals surface area contributed by atoms with E-state index >= 15 is 0 Å². The molecule has 2 rings (SSSR count). The van der Waals surface area contributed by atoms with Crippen molar-refractivity contribution in [3.8, 4) is 0 Å². The number of hydrogen-bond acceptors (Lipinski definition) is 3. The number of fused-ring (bicyclic) bond motifs is 1. The summed E-state index contributed by atoms with van der Waals surface area (Å²) < 4.78 is 0. The molecule has 6 heteroatoms. The van der Waals surface area contributed by atoms with Crippen LogP contribution in [0.1, 0.15) is 48.5 Å². The summed E-state index contributed by atoms with van der Waals surface area (Å²) in [6.45, 7) is 14.1. The van der Waals surface area contributed by atoms with Crippen molar-refractivity contribution < 1.29 is 14.4 Å². The molecule has 0 aromatic rings. The van der Waals surface area contributed by atoms with Crippen LogP contribution in [-0.4, -0.2) is 41.2 Å². The molecule has 0 aromatic heterocycles. The molecule has 1 saturated carbocycles. The van der Waals surface area contributed by atoms with E-state index in [9.17, 15) is 14.4 Å². The molecule has 2 aliphatic rings. The second-order valence-corrected chi connectivity index (χ2v) is 9.25. The number of nitrogens with zero attached hydrogens (tertiary/aromatic N) is 1. The lowest BCUT2D eigenvalue weighted by Crippen LogP contribution is -2.59. The minimum atomic E-state index is -0.671. The van der Waals surface area contributed by atoms with Crippen LogP contribution in [0.15, 0.2) is 0 Å². The molecule has 2 fully saturated rings. The number of piperidine rings is 1. The lowest BCUT2D eigenvalue weighted by Gasteiger charge is -2.37. The van der Waals surface area contributed by atoms with Crippen LogP contribution in [0.3, 0.4) is 0 Å². The number of rotatable bonds is 4. The van der Waals surface area contributed by atoms with Gasteiger partial charge >= 0.3 is 0 Å². The van der Waals surface area contributed by atoms with Crippen LogP contribution >= 0.6 is 0 Å². The Kier molecular flexibility index (Phi) is 4.48. The molecule has 1 heterocycles. The first kappa shape index (κ1) is 18.7. The van der Waals surface area contributed by atoms with Gasteiger partial charge in [0.25, 0.3) is 0 Å². The second-order valence-electron chi connectivity index (χ2n) is 9.25. The maximum atomic E-state index is 13.1. The Labute approximate surface area is 144 Å². The number of amides is 3. The number of nitrogens with one attached hydrogen (secondary N) is 1. The number of carbonyl (C=O) groups excluding carboxylic acids is 3. The van der Waals surface area contributed by atoms with Gasteiger partial charge in [-0.1, -0.05) is 48.5 Å². The van der Waals surface area contributed by atoms with E-state index in [4.69, 9.17) is 5.73 Å². The van der Waals surface area contributed by atoms with E-state index in [2.05, 4.69) is 19.2 Å². The molecule has 0 radical (unpaired) electrons. The summed E-state index contributed by atoms with van der Waals surface area (Å²) >= 11 is 0. The zero-order valence-electron chi connectivity index (χ0n) is 15.8. The molecule has 3 amide bonds. The van der Waals surface area contributed by atoms with Crippen molar-refractivity contribution in [1.29, 1.82) is 0 Å². The zero-order chi connectivity index (χ0) is 18.6. The van der Waals surface area contributed by atoms with E-state index in [-0.39, 0.29) is 29.1 Å². The van der Waals surface area contributed by atoms with E-state index in [1.165, 1.54) is 0 Å². The molecule has 6 nitrogen and oxygen atoms in total. The molecule has 4 atom stereocenters. The van der Waals surface area contributed by atoms with Crippen molar-refractivity contribution in [3.05, 3.63) is 0 Å². The van der Waals surface area contributed by atoms with Crippen molar-refractivity contribution >= 4 is 17.7 Å². The van der Waals surface area contributed by atoms with Gasteiger partial charge in [-0.25, -0.2) is 0 Å². The highest BCUT2D eigenvalue weighted by molar-refractivity contribution is 5.93. The minimum absolute atomic E-state index is 0.0505. The first-order chi connectivity index (χ1) is 10.8. The fraction of sp³-hybridized carbons (Fsp3) is 0.833. The van der Waals surface area contributed by atoms with Crippen LogP contribution in [0.4, 0.5) is 0 Å². The average Bonchev–Trinajstić information content (AvgIpc) is 2.82. The van der Waals surface area contributed by atoms with Gasteiger partial charge in [0.05, 0.1) is 0 Å². The van der Waals surface area contributed by atoms with Crippen LogP contribution in [0.5, 0.6) is 0 Å². The molecule has 0 bridgehead atoms. The van der Waals surface area contributed by atoms with Crippen LogP contribution in [0.2, 0.25) is 0 Å². The third kappa shape index (κ3) is 3.03. The monoisotopic (exact) mass is 337 g/mol. The standard InChI is InChI=1S/C18H31N3O3/c1-9(2)15(23)20-13(17(3,4)5)16(24)21-8-10-11(18(10,6)7)12(21)14(19)22/h9-13H,8H2,1-7H3,(H2,19,22)(H,20,23)/t10?,11?,12?,13-/m0/s1. The van der Waals surface area contributed by atoms with Crippen molar-refractivity contribution in [2.24, 2.45) is 34.3 Å². The molecule has 136 valence electrons. The van der Waals surface area contributed by atoms with E-state index in [0.717, 1.165) is 0 Å². The first-order valence-corrected chi connectivity index (χ1v) is 8.70. The molecule has 1 saturated heterocycles. The number of nitrogens with two attached hydrogens (primary N) is 1. The van der Waals surface area contributed by atoms with Crippen molar-refractivity contribution in [3.63, 3.8) is 0 Å². The Morgan fingerprint density at radius 1 is 1.21 bits per heavy atom. The van der Waals surface area contributed by atoms with E-state index in [0.29, 0.717) is 12.5 Å². The Bertz CT molecular complexity index is 562. The third-order valence-corrected chi connectivity index (χ3v) is 5.71. The summed E-state index contributed by atoms with van der Waals surface area (Å²) in [5.74, 6) is -0.600. The minimum Gasteiger partial charge on any atom is -0.368 e. The Morgan fingerprint density at radius 3 is 2.17 bits per heavy atom. The van der Waals surface area contributed by atoms with E-state index in [1.807, 2.05) is 20.8 Å². The lowest BCUT2D eigenvalue weighted by atomic mass is 9.85. The molecule has 0 aromatic carbocycles. The van der Waals surface area contributed by atoms with Gasteiger partial charge in [-0.05, 0) is 22.7 Å². The predicted molar refractivity (Wildman–Crippen MR) is 91.7 cm³/mol. The smallest absolute Gasteiger partial charge is 0.246 e. The highest BCUT2D eigenvalue weighted by Crippen LogP contribution is 2.64. The molecule has 1 aliphatic heterocycles. The highest BCUT2D eigenvalue weighted by Gasteiger charge is 2.69. The number of primary amides is 1. The Hall–Kier alpha value is -1.59. The maximum absolute atomic E-state index is 13.1. The topological polar surface area (TPSA) is 92.5 Å². The van der Waals surface area contributed by atoms with Gasteiger partial charge in [-0.15, -0.1) is 0 Å². The molecule has 0 spiro atoms. The van der Waals surface area contributed by atoms with Crippen molar-refractivity contribution in [1.82, 2.24) is 10.2 Å². The normalized spacial score (nSPS) is 29.2. The van der Waals surface area contributed by atoms with Gasteiger partial charge in [-0.2, -0.15) is 0 Å². The summed E-state index contributed by atoms with van der Waals surface area (Å²) in [6, 6.07) is -1.24.